The number of benzene rings is 1. The number of hydrogen-bond acceptors (Lipinski definition) is 7. The zero-order chi connectivity index (χ0) is 23.5. The second kappa shape index (κ2) is 10.2. The smallest absolute Gasteiger partial charge is 0.309 e. The van der Waals surface area contributed by atoms with Crippen molar-refractivity contribution >= 4 is 63.0 Å². The molecule has 0 aliphatic carbocycles. The summed E-state index contributed by atoms with van der Waals surface area (Å²) in [4.78, 5) is 34.6. The number of rotatable bonds is 6. The zero-order valence-corrected chi connectivity index (χ0v) is 20.9. The second-order valence-corrected chi connectivity index (χ2v) is 10.1. The number of piperidine rings is 1. The van der Waals surface area contributed by atoms with Crippen molar-refractivity contribution in [1.29, 1.82) is 0 Å². The van der Waals surface area contributed by atoms with Gasteiger partial charge in [0.25, 0.3) is 5.91 Å². The number of thiocarbonyl (C=S) groups is 1. The van der Waals surface area contributed by atoms with E-state index in [2.05, 4.69) is 30.0 Å². The monoisotopic (exact) mass is 483 g/mol. The fraction of sp³-hybridized carbons (Fsp3) is 0.440. The number of carbonyl (C=O) groups is 2. The van der Waals surface area contributed by atoms with Gasteiger partial charge >= 0.3 is 5.97 Å². The standard InChI is InChI=1S/C25H29N3O3S2/c1-4-10-28-23(29)21(33-25(28)32)15-19-14-18-13-16(3)6-7-20(18)26-22(19)27-11-8-17(9-12-27)24(30)31-5-2/h6-7,13-15,17H,4-5,8-12H2,1-3H3/b21-15-. The van der Waals surface area contributed by atoms with Gasteiger partial charge in [-0.05, 0) is 57.4 Å². The van der Waals surface area contributed by atoms with Crippen molar-refractivity contribution in [2.75, 3.05) is 31.1 Å². The molecule has 1 aromatic carbocycles. The second-order valence-electron chi connectivity index (χ2n) is 8.44. The van der Waals surface area contributed by atoms with Crippen molar-refractivity contribution in [3.63, 3.8) is 0 Å². The SMILES string of the molecule is CCCN1C(=O)/C(=C/c2cc3cc(C)ccc3nc2N2CCC(C(=O)OCC)CC2)SC1=S. The van der Waals surface area contributed by atoms with E-state index in [9.17, 15) is 9.59 Å². The number of hydrogen-bond donors (Lipinski definition) is 0. The Morgan fingerprint density at radius 3 is 2.73 bits per heavy atom. The summed E-state index contributed by atoms with van der Waals surface area (Å²) in [6.45, 7) is 8.40. The maximum absolute atomic E-state index is 13.0. The highest BCUT2D eigenvalue weighted by molar-refractivity contribution is 8.26. The number of nitrogens with zero attached hydrogens (tertiary/aromatic N) is 3. The lowest BCUT2D eigenvalue weighted by molar-refractivity contribution is -0.148. The summed E-state index contributed by atoms with van der Waals surface area (Å²) in [5.41, 5.74) is 2.98. The molecule has 2 aromatic rings. The van der Waals surface area contributed by atoms with Crippen LogP contribution in [-0.2, 0) is 14.3 Å². The van der Waals surface area contributed by atoms with Gasteiger partial charge in [0.05, 0.1) is 22.9 Å². The van der Waals surface area contributed by atoms with Crippen LogP contribution in [0.25, 0.3) is 17.0 Å². The van der Waals surface area contributed by atoms with Crippen LogP contribution >= 0.6 is 24.0 Å². The van der Waals surface area contributed by atoms with Crippen molar-refractivity contribution in [1.82, 2.24) is 9.88 Å². The van der Waals surface area contributed by atoms with E-state index >= 15 is 0 Å². The minimum atomic E-state index is -0.112. The van der Waals surface area contributed by atoms with Crippen LogP contribution in [0.1, 0.15) is 44.2 Å². The molecule has 0 N–H and O–H groups in total. The van der Waals surface area contributed by atoms with Gasteiger partial charge in [-0.2, -0.15) is 0 Å². The Bertz CT molecular complexity index is 1120. The van der Waals surface area contributed by atoms with Gasteiger partial charge < -0.3 is 9.64 Å². The summed E-state index contributed by atoms with van der Waals surface area (Å²) in [5, 5.41) is 1.04. The number of amides is 1. The molecule has 2 aliphatic rings. The molecule has 0 radical (unpaired) electrons. The van der Waals surface area contributed by atoms with Gasteiger partial charge in [-0.15, -0.1) is 0 Å². The number of pyridine rings is 1. The molecule has 4 rings (SSSR count). The highest BCUT2D eigenvalue weighted by Crippen LogP contribution is 2.36. The Kier molecular flexibility index (Phi) is 7.34. The lowest BCUT2D eigenvalue weighted by atomic mass is 9.96. The first-order valence-electron chi connectivity index (χ1n) is 11.5. The van der Waals surface area contributed by atoms with E-state index in [4.69, 9.17) is 21.9 Å². The summed E-state index contributed by atoms with van der Waals surface area (Å²) in [7, 11) is 0. The van der Waals surface area contributed by atoms with E-state index < -0.39 is 0 Å². The zero-order valence-electron chi connectivity index (χ0n) is 19.3. The normalized spacial score (nSPS) is 18.6. The van der Waals surface area contributed by atoms with Crippen LogP contribution in [0.2, 0.25) is 0 Å². The Hall–Kier alpha value is -2.45. The van der Waals surface area contributed by atoms with E-state index in [0.29, 0.717) is 35.5 Å². The van der Waals surface area contributed by atoms with Crippen LogP contribution in [0.3, 0.4) is 0 Å². The van der Waals surface area contributed by atoms with Crippen molar-refractivity contribution in [3.8, 4) is 0 Å². The van der Waals surface area contributed by atoms with E-state index in [0.717, 1.165) is 47.1 Å². The third kappa shape index (κ3) is 5.06. The quantitative estimate of drug-likeness (QED) is 0.328. The summed E-state index contributed by atoms with van der Waals surface area (Å²) in [6, 6.07) is 8.30. The molecule has 3 heterocycles. The van der Waals surface area contributed by atoms with Gasteiger partial charge in [-0.1, -0.05) is 42.5 Å². The third-order valence-corrected chi connectivity index (χ3v) is 7.38. The summed E-state index contributed by atoms with van der Waals surface area (Å²) < 4.78 is 5.82. The van der Waals surface area contributed by atoms with Crippen LogP contribution < -0.4 is 4.90 Å². The predicted molar refractivity (Wildman–Crippen MR) is 138 cm³/mol. The number of aryl methyl sites for hydroxylation is 1. The van der Waals surface area contributed by atoms with Crippen molar-refractivity contribution in [2.24, 2.45) is 5.92 Å². The van der Waals surface area contributed by atoms with Crippen molar-refractivity contribution in [2.45, 2.75) is 40.0 Å². The Morgan fingerprint density at radius 2 is 2.03 bits per heavy atom. The largest absolute Gasteiger partial charge is 0.466 e. The van der Waals surface area contributed by atoms with Crippen LogP contribution in [0, 0.1) is 12.8 Å². The minimum absolute atomic E-state index is 0.0387. The molecule has 6 nitrogen and oxygen atoms in total. The first-order valence-corrected chi connectivity index (χ1v) is 12.7. The van der Waals surface area contributed by atoms with E-state index in [1.54, 1.807) is 4.90 Å². The molecular formula is C25H29N3O3S2. The van der Waals surface area contributed by atoms with Gasteiger partial charge in [-0.25, -0.2) is 4.98 Å². The summed E-state index contributed by atoms with van der Waals surface area (Å²) in [5.74, 6) is 0.620. The summed E-state index contributed by atoms with van der Waals surface area (Å²) >= 11 is 6.80. The van der Waals surface area contributed by atoms with Gasteiger partial charge in [0.2, 0.25) is 0 Å². The Morgan fingerprint density at radius 1 is 1.27 bits per heavy atom. The predicted octanol–water partition coefficient (Wildman–Crippen LogP) is 4.93. The number of carbonyl (C=O) groups excluding carboxylic acids is 2. The number of fused-ring (bicyclic) bond motifs is 1. The lowest BCUT2D eigenvalue weighted by Crippen LogP contribution is -2.37. The molecule has 1 amide bonds. The van der Waals surface area contributed by atoms with Gasteiger partial charge in [0, 0.05) is 30.6 Å². The van der Waals surface area contributed by atoms with Crippen LogP contribution in [0.15, 0.2) is 29.2 Å². The van der Waals surface area contributed by atoms with Crippen LogP contribution in [0.5, 0.6) is 0 Å². The molecule has 0 saturated carbocycles. The van der Waals surface area contributed by atoms with E-state index in [1.807, 2.05) is 26.0 Å². The highest BCUT2D eigenvalue weighted by Gasteiger charge is 2.32. The van der Waals surface area contributed by atoms with Gasteiger partial charge in [-0.3, -0.25) is 14.5 Å². The van der Waals surface area contributed by atoms with Crippen molar-refractivity contribution < 1.29 is 14.3 Å². The maximum Gasteiger partial charge on any atom is 0.309 e. The molecule has 0 bridgehead atoms. The fourth-order valence-corrected chi connectivity index (χ4v) is 5.61. The molecule has 2 fully saturated rings. The topological polar surface area (TPSA) is 62.7 Å². The fourth-order valence-electron chi connectivity index (χ4n) is 4.31. The first kappa shape index (κ1) is 23.7. The number of esters is 1. The molecular weight excluding hydrogens is 454 g/mol. The molecule has 2 aliphatic heterocycles. The van der Waals surface area contributed by atoms with E-state index in [-0.39, 0.29) is 17.8 Å². The maximum atomic E-state index is 13.0. The number of anilines is 1. The minimum Gasteiger partial charge on any atom is -0.466 e. The molecule has 8 heteroatoms. The van der Waals surface area contributed by atoms with Crippen LogP contribution in [0.4, 0.5) is 5.82 Å². The van der Waals surface area contributed by atoms with Crippen molar-refractivity contribution in [3.05, 3.63) is 40.3 Å². The van der Waals surface area contributed by atoms with Gasteiger partial charge in [0.1, 0.15) is 10.1 Å². The number of ether oxygens (including phenoxy) is 1. The molecule has 0 unspecified atom stereocenters. The highest BCUT2D eigenvalue weighted by atomic mass is 32.2. The number of aromatic nitrogens is 1. The Balaban J connectivity index is 1.69. The van der Waals surface area contributed by atoms with E-state index in [1.165, 1.54) is 11.8 Å². The average molecular weight is 484 g/mol. The third-order valence-electron chi connectivity index (χ3n) is 6.00. The number of thioether (sulfide) groups is 1. The van der Waals surface area contributed by atoms with Crippen LogP contribution in [-0.4, -0.2) is 52.3 Å². The summed E-state index contributed by atoms with van der Waals surface area (Å²) in [6.07, 6.45) is 4.24. The molecule has 1 aromatic heterocycles. The lowest BCUT2D eigenvalue weighted by Gasteiger charge is -2.32. The molecule has 0 spiro atoms. The molecule has 33 heavy (non-hydrogen) atoms. The average Bonchev–Trinajstić information content (AvgIpc) is 3.06. The van der Waals surface area contributed by atoms with Gasteiger partial charge in [0.15, 0.2) is 0 Å². The Labute approximate surface area is 204 Å². The molecule has 0 atom stereocenters. The molecule has 174 valence electrons. The molecule has 2 saturated heterocycles. The first-order chi connectivity index (χ1) is 15.9.